The van der Waals surface area contributed by atoms with Crippen molar-refractivity contribution in [1.82, 2.24) is 0 Å². The van der Waals surface area contributed by atoms with Crippen molar-refractivity contribution in [1.29, 1.82) is 0 Å². The zero-order valence-corrected chi connectivity index (χ0v) is 10.2. The zero-order chi connectivity index (χ0) is 10.8. The Labute approximate surface area is 93.7 Å². The Morgan fingerprint density at radius 2 is 1.93 bits per heavy atom. The van der Waals surface area contributed by atoms with Crippen molar-refractivity contribution < 1.29 is 0 Å². The van der Waals surface area contributed by atoms with E-state index < -0.39 is 0 Å². The molecule has 0 amide bonds. The van der Waals surface area contributed by atoms with Crippen LogP contribution in [0.25, 0.3) is 0 Å². The molecule has 1 aliphatic carbocycles. The van der Waals surface area contributed by atoms with Gasteiger partial charge in [0.1, 0.15) is 0 Å². The van der Waals surface area contributed by atoms with Crippen molar-refractivity contribution in [3.63, 3.8) is 0 Å². The van der Waals surface area contributed by atoms with E-state index in [9.17, 15) is 0 Å². The van der Waals surface area contributed by atoms with Crippen LogP contribution in [0, 0.1) is 18.8 Å². The molecule has 3 atom stereocenters. The van der Waals surface area contributed by atoms with Crippen molar-refractivity contribution in [2.24, 2.45) is 11.8 Å². The molecular weight excluding hydrogens is 180 g/mol. The van der Waals surface area contributed by atoms with Gasteiger partial charge in [0, 0.05) is 0 Å². The fraction of sp³-hybridized carbons (Fsp3) is 0.600. The van der Waals surface area contributed by atoms with Gasteiger partial charge in [-0.3, -0.25) is 0 Å². The van der Waals surface area contributed by atoms with Gasteiger partial charge in [-0.1, -0.05) is 51.0 Å². The molecule has 0 radical (unpaired) electrons. The molecule has 82 valence electrons. The summed E-state index contributed by atoms with van der Waals surface area (Å²) in [4.78, 5) is 0. The molecule has 15 heavy (non-hydrogen) atoms. The van der Waals surface area contributed by atoms with Gasteiger partial charge < -0.3 is 0 Å². The van der Waals surface area contributed by atoms with Gasteiger partial charge in [0.05, 0.1) is 0 Å². The van der Waals surface area contributed by atoms with E-state index in [0.29, 0.717) is 0 Å². The molecule has 2 rings (SSSR count). The molecule has 0 nitrogen and oxygen atoms in total. The number of hydrogen-bond acceptors (Lipinski definition) is 0. The Hall–Kier alpha value is -0.780. The first-order valence-corrected chi connectivity index (χ1v) is 6.25. The van der Waals surface area contributed by atoms with Crippen molar-refractivity contribution in [3.05, 3.63) is 35.4 Å². The Balaban J connectivity index is 2.20. The van der Waals surface area contributed by atoms with E-state index in [-0.39, 0.29) is 0 Å². The van der Waals surface area contributed by atoms with Crippen molar-refractivity contribution in [2.75, 3.05) is 0 Å². The Bertz CT molecular complexity index is 327. The highest BCUT2D eigenvalue weighted by molar-refractivity contribution is 5.29. The topological polar surface area (TPSA) is 0 Å². The summed E-state index contributed by atoms with van der Waals surface area (Å²) in [7, 11) is 0. The predicted octanol–water partition coefficient (Wildman–Crippen LogP) is 4.53. The first-order valence-electron chi connectivity index (χ1n) is 6.25. The zero-order valence-electron chi connectivity index (χ0n) is 10.2. The molecule has 1 aromatic rings. The van der Waals surface area contributed by atoms with E-state index in [4.69, 9.17) is 0 Å². The molecule has 0 bridgehead atoms. The maximum Gasteiger partial charge on any atom is -0.0157 e. The Morgan fingerprint density at radius 3 is 2.53 bits per heavy atom. The lowest BCUT2D eigenvalue weighted by atomic mass is 9.80. The van der Waals surface area contributed by atoms with Gasteiger partial charge in [0.25, 0.3) is 0 Å². The summed E-state index contributed by atoms with van der Waals surface area (Å²) < 4.78 is 0. The summed E-state index contributed by atoms with van der Waals surface area (Å²) in [5.41, 5.74) is 3.03. The second-order valence-corrected chi connectivity index (χ2v) is 5.22. The quantitative estimate of drug-likeness (QED) is 0.660. The first kappa shape index (κ1) is 10.7. The van der Waals surface area contributed by atoms with E-state index in [1.807, 2.05) is 0 Å². The molecule has 0 heteroatoms. The van der Waals surface area contributed by atoms with Gasteiger partial charge in [-0.25, -0.2) is 0 Å². The van der Waals surface area contributed by atoms with Crippen LogP contribution in [0.1, 0.15) is 50.2 Å². The number of hydrogen-bond donors (Lipinski definition) is 0. The summed E-state index contributed by atoms with van der Waals surface area (Å²) in [5.74, 6) is 2.56. The monoisotopic (exact) mass is 202 g/mol. The number of rotatable bonds is 2. The molecule has 1 saturated carbocycles. The molecule has 1 aromatic carbocycles. The van der Waals surface area contributed by atoms with Crippen LogP contribution in [-0.2, 0) is 0 Å². The van der Waals surface area contributed by atoms with Gasteiger partial charge in [0.2, 0.25) is 0 Å². The second-order valence-electron chi connectivity index (χ2n) is 5.22. The van der Waals surface area contributed by atoms with Gasteiger partial charge >= 0.3 is 0 Å². The minimum atomic E-state index is 0.740. The van der Waals surface area contributed by atoms with Crippen molar-refractivity contribution >= 4 is 0 Å². The summed E-state index contributed by atoms with van der Waals surface area (Å²) in [6, 6.07) is 8.87. The molecular formula is C15H22. The normalized spacial score (nSPS) is 27.9. The van der Waals surface area contributed by atoms with Crippen molar-refractivity contribution in [3.8, 4) is 0 Å². The van der Waals surface area contributed by atoms with Crippen LogP contribution in [-0.4, -0.2) is 0 Å². The largest absolute Gasteiger partial charge is 0.0622 e. The fourth-order valence-corrected chi connectivity index (χ4v) is 3.25. The lowest BCUT2D eigenvalue weighted by Gasteiger charge is -2.25. The standard InChI is InChI=1S/C15H22/c1-11-7-4-5-9-14(11)13(3)15-10-6-8-12(15)2/h4-5,7,9,12-13,15H,6,8,10H2,1-3H3/t12?,13-,15?/m0/s1. The third-order valence-electron chi connectivity index (χ3n) is 4.25. The minimum Gasteiger partial charge on any atom is -0.0622 e. The molecule has 0 saturated heterocycles. The maximum absolute atomic E-state index is 2.42. The number of aryl methyl sites for hydroxylation is 1. The highest BCUT2D eigenvalue weighted by atomic mass is 14.3. The molecule has 2 unspecified atom stereocenters. The molecule has 0 N–H and O–H groups in total. The second kappa shape index (κ2) is 4.38. The average Bonchev–Trinajstić information content (AvgIpc) is 2.64. The van der Waals surface area contributed by atoms with Crippen LogP contribution in [0.15, 0.2) is 24.3 Å². The Kier molecular flexibility index (Phi) is 3.14. The first-order chi connectivity index (χ1) is 7.20. The van der Waals surface area contributed by atoms with E-state index in [2.05, 4.69) is 45.0 Å². The van der Waals surface area contributed by atoms with E-state index >= 15 is 0 Å². The summed E-state index contributed by atoms with van der Waals surface area (Å²) in [5, 5.41) is 0. The molecule has 1 aliphatic rings. The van der Waals surface area contributed by atoms with Gasteiger partial charge in [-0.15, -0.1) is 0 Å². The van der Waals surface area contributed by atoms with E-state index in [1.54, 1.807) is 5.56 Å². The van der Waals surface area contributed by atoms with Crippen LogP contribution in [0.3, 0.4) is 0 Å². The predicted molar refractivity (Wildman–Crippen MR) is 66.1 cm³/mol. The minimum absolute atomic E-state index is 0.740. The van der Waals surface area contributed by atoms with Crippen LogP contribution in [0.4, 0.5) is 0 Å². The average molecular weight is 202 g/mol. The summed E-state index contributed by atoms with van der Waals surface area (Å²) >= 11 is 0. The molecule has 1 fully saturated rings. The molecule has 0 spiro atoms. The van der Waals surface area contributed by atoms with E-state index in [1.165, 1.54) is 24.8 Å². The molecule has 0 aromatic heterocycles. The van der Waals surface area contributed by atoms with Crippen molar-refractivity contribution in [2.45, 2.75) is 46.0 Å². The third-order valence-corrected chi connectivity index (χ3v) is 4.25. The SMILES string of the molecule is Cc1ccccc1[C@H](C)C1CCCC1C. The number of benzene rings is 1. The smallest absolute Gasteiger partial charge is 0.0157 e. The molecule has 0 aliphatic heterocycles. The lowest BCUT2D eigenvalue weighted by molar-refractivity contribution is 0.361. The van der Waals surface area contributed by atoms with Crippen LogP contribution >= 0.6 is 0 Å². The summed E-state index contributed by atoms with van der Waals surface area (Å²) in [6.07, 6.45) is 4.29. The fourth-order valence-electron chi connectivity index (χ4n) is 3.25. The van der Waals surface area contributed by atoms with Crippen LogP contribution in [0.2, 0.25) is 0 Å². The molecule has 0 heterocycles. The lowest BCUT2D eigenvalue weighted by Crippen LogP contribution is -2.13. The van der Waals surface area contributed by atoms with Crippen LogP contribution in [0.5, 0.6) is 0 Å². The maximum atomic E-state index is 2.42. The highest BCUT2D eigenvalue weighted by Crippen LogP contribution is 2.41. The summed E-state index contributed by atoms with van der Waals surface area (Å²) in [6.45, 7) is 7.08. The van der Waals surface area contributed by atoms with E-state index in [0.717, 1.165) is 17.8 Å². The van der Waals surface area contributed by atoms with Crippen LogP contribution < -0.4 is 0 Å². The Morgan fingerprint density at radius 1 is 1.20 bits per heavy atom. The van der Waals surface area contributed by atoms with Gasteiger partial charge in [0.15, 0.2) is 0 Å². The third kappa shape index (κ3) is 2.09. The van der Waals surface area contributed by atoms with Gasteiger partial charge in [-0.05, 0) is 42.2 Å². The highest BCUT2D eigenvalue weighted by Gasteiger charge is 2.29. The van der Waals surface area contributed by atoms with Gasteiger partial charge in [-0.2, -0.15) is 0 Å².